The molecule has 28 heavy (non-hydrogen) atoms. The zero-order valence-corrected chi connectivity index (χ0v) is 16.8. The highest BCUT2D eigenvalue weighted by Crippen LogP contribution is 2.34. The van der Waals surface area contributed by atoms with Gasteiger partial charge in [-0.05, 0) is 18.2 Å². The Bertz CT molecular complexity index is 1040. The molecule has 0 fully saturated rings. The minimum atomic E-state index is -0.521. The number of anilines is 1. The Hall–Kier alpha value is -2.33. The van der Waals surface area contributed by atoms with Gasteiger partial charge in [-0.1, -0.05) is 52.6 Å². The molecule has 1 amide bonds. The third kappa shape index (κ3) is 4.93. The van der Waals surface area contributed by atoms with Gasteiger partial charge < -0.3 is 9.73 Å². The summed E-state index contributed by atoms with van der Waals surface area (Å²) in [5.41, 5.74) is 0.555. The molecule has 1 heterocycles. The quantitative estimate of drug-likeness (QED) is 0.301. The molecule has 0 radical (unpaired) electrons. The van der Waals surface area contributed by atoms with Gasteiger partial charge in [-0.3, -0.25) is 14.9 Å². The Labute approximate surface area is 177 Å². The molecule has 3 aromatic rings. The lowest BCUT2D eigenvalue weighted by Gasteiger charge is -2.09. The predicted octanol–water partition coefficient (Wildman–Crippen LogP) is 5.34. The summed E-state index contributed by atoms with van der Waals surface area (Å²) in [5, 5.41) is 22.0. The van der Waals surface area contributed by atoms with Gasteiger partial charge >= 0.3 is 0 Å². The summed E-state index contributed by atoms with van der Waals surface area (Å²) in [4.78, 5) is 22.5. The molecular weight excluding hydrogens is 451 g/mol. The van der Waals surface area contributed by atoms with E-state index < -0.39 is 10.8 Å². The van der Waals surface area contributed by atoms with Crippen LogP contribution in [0.4, 0.5) is 11.4 Å². The van der Waals surface area contributed by atoms with E-state index >= 15 is 0 Å². The summed E-state index contributed by atoms with van der Waals surface area (Å²) >= 11 is 18.9. The molecule has 2 aromatic carbocycles. The fourth-order valence-corrected chi connectivity index (χ4v) is 3.58. The summed E-state index contributed by atoms with van der Waals surface area (Å²) in [7, 11) is 0. The first-order chi connectivity index (χ1) is 13.3. The number of benzene rings is 2. The van der Waals surface area contributed by atoms with Gasteiger partial charge in [0.2, 0.25) is 11.8 Å². The zero-order chi connectivity index (χ0) is 20.3. The van der Waals surface area contributed by atoms with Crippen molar-refractivity contribution >= 4 is 63.8 Å². The Kier molecular flexibility index (Phi) is 6.40. The molecule has 0 atom stereocenters. The van der Waals surface area contributed by atoms with Crippen molar-refractivity contribution < 1.29 is 14.1 Å². The molecule has 0 bridgehead atoms. The van der Waals surface area contributed by atoms with E-state index in [1.807, 2.05) is 0 Å². The van der Waals surface area contributed by atoms with Crippen molar-refractivity contribution in [1.82, 2.24) is 10.2 Å². The Balaban J connectivity index is 1.64. The number of nitrogens with one attached hydrogen (secondary N) is 1. The van der Waals surface area contributed by atoms with E-state index in [1.165, 1.54) is 30.3 Å². The van der Waals surface area contributed by atoms with Gasteiger partial charge in [-0.15, -0.1) is 10.2 Å². The van der Waals surface area contributed by atoms with Crippen LogP contribution in [0, 0.1) is 10.1 Å². The fraction of sp³-hybridized carbons (Fsp3) is 0.0625. The average molecular weight is 460 g/mol. The van der Waals surface area contributed by atoms with Crippen LogP contribution in [-0.4, -0.2) is 26.8 Å². The maximum absolute atomic E-state index is 12.1. The normalized spacial score (nSPS) is 10.7. The second kappa shape index (κ2) is 8.78. The van der Waals surface area contributed by atoms with Gasteiger partial charge in [0.15, 0.2) is 0 Å². The van der Waals surface area contributed by atoms with Crippen molar-refractivity contribution in [3.8, 4) is 11.5 Å². The lowest BCUT2D eigenvalue weighted by Crippen LogP contribution is -2.14. The number of carbonyl (C=O) groups excluding carboxylic acids is 1. The highest BCUT2D eigenvalue weighted by atomic mass is 35.5. The number of nitro benzene ring substituents is 1. The number of non-ortho nitro benzene ring substituents is 1. The van der Waals surface area contributed by atoms with Crippen molar-refractivity contribution in [2.75, 3.05) is 11.1 Å². The first-order valence-corrected chi connectivity index (χ1v) is 9.61. The molecule has 144 valence electrons. The van der Waals surface area contributed by atoms with E-state index in [0.29, 0.717) is 10.6 Å². The van der Waals surface area contributed by atoms with E-state index in [-0.39, 0.29) is 38.3 Å². The number of hydrogen-bond acceptors (Lipinski definition) is 7. The number of thioether (sulfide) groups is 1. The van der Waals surface area contributed by atoms with E-state index in [9.17, 15) is 14.9 Å². The van der Waals surface area contributed by atoms with Gasteiger partial charge in [0.1, 0.15) is 0 Å². The predicted molar refractivity (Wildman–Crippen MR) is 107 cm³/mol. The monoisotopic (exact) mass is 458 g/mol. The summed E-state index contributed by atoms with van der Waals surface area (Å²) < 4.78 is 5.44. The van der Waals surface area contributed by atoms with Crippen LogP contribution in [0.5, 0.6) is 0 Å². The summed E-state index contributed by atoms with van der Waals surface area (Å²) in [5.74, 6) is -0.340. The SMILES string of the molecule is O=C(CSc1nnc(-c2cccc([N+](=O)[O-])c2)o1)Nc1c(Cl)cc(Cl)cc1Cl. The Morgan fingerprint density at radius 1 is 1.18 bits per heavy atom. The number of carbonyl (C=O) groups is 1. The van der Waals surface area contributed by atoms with Crippen LogP contribution in [-0.2, 0) is 4.79 Å². The number of aromatic nitrogens is 2. The first kappa shape index (κ1) is 20.4. The standard InChI is InChI=1S/C16H9Cl3N4O4S/c17-9-5-11(18)14(12(19)6-9)20-13(24)7-28-16-22-21-15(27-16)8-2-1-3-10(4-8)23(25)26/h1-6H,7H2,(H,20,24). The zero-order valence-electron chi connectivity index (χ0n) is 13.7. The molecular formula is C16H9Cl3N4O4S. The molecule has 0 saturated heterocycles. The molecule has 0 aliphatic rings. The van der Waals surface area contributed by atoms with Crippen LogP contribution in [0.2, 0.25) is 15.1 Å². The Morgan fingerprint density at radius 3 is 2.57 bits per heavy atom. The van der Waals surface area contributed by atoms with E-state index in [1.54, 1.807) is 6.07 Å². The van der Waals surface area contributed by atoms with Crippen LogP contribution < -0.4 is 5.32 Å². The largest absolute Gasteiger partial charge is 0.411 e. The van der Waals surface area contributed by atoms with Crippen LogP contribution >= 0.6 is 46.6 Å². The molecule has 0 aliphatic carbocycles. The van der Waals surface area contributed by atoms with E-state index in [2.05, 4.69) is 15.5 Å². The smallest absolute Gasteiger partial charge is 0.277 e. The average Bonchev–Trinajstić information content (AvgIpc) is 3.12. The lowest BCUT2D eigenvalue weighted by molar-refractivity contribution is -0.384. The number of rotatable bonds is 6. The number of amides is 1. The minimum absolute atomic E-state index is 0.0497. The molecule has 8 nitrogen and oxygen atoms in total. The maximum atomic E-state index is 12.1. The first-order valence-electron chi connectivity index (χ1n) is 7.49. The molecule has 1 aromatic heterocycles. The van der Waals surface area contributed by atoms with Crippen molar-refractivity contribution in [2.24, 2.45) is 0 Å². The molecule has 0 aliphatic heterocycles. The van der Waals surface area contributed by atoms with Crippen molar-refractivity contribution in [2.45, 2.75) is 5.22 Å². The molecule has 3 rings (SSSR count). The number of halogens is 3. The van der Waals surface area contributed by atoms with Gasteiger partial charge in [0, 0.05) is 22.7 Å². The number of nitro groups is 1. The van der Waals surface area contributed by atoms with Crippen molar-refractivity contribution in [1.29, 1.82) is 0 Å². The number of hydrogen-bond donors (Lipinski definition) is 1. The van der Waals surface area contributed by atoms with Crippen molar-refractivity contribution in [3.05, 3.63) is 61.6 Å². The van der Waals surface area contributed by atoms with Gasteiger partial charge in [-0.2, -0.15) is 0 Å². The van der Waals surface area contributed by atoms with Gasteiger partial charge in [-0.25, -0.2) is 0 Å². The maximum Gasteiger partial charge on any atom is 0.277 e. The van der Waals surface area contributed by atoms with Gasteiger partial charge in [0.05, 0.1) is 26.4 Å². The van der Waals surface area contributed by atoms with Crippen LogP contribution in [0.15, 0.2) is 46.0 Å². The second-order valence-electron chi connectivity index (χ2n) is 5.26. The van der Waals surface area contributed by atoms with E-state index in [4.69, 9.17) is 39.2 Å². The lowest BCUT2D eigenvalue weighted by atomic mass is 10.2. The molecule has 0 saturated carbocycles. The summed E-state index contributed by atoms with van der Waals surface area (Å²) in [6, 6.07) is 8.71. The topological polar surface area (TPSA) is 111 Å². The minimum Gasteiger partial charge on any atom is -0.411 e. The van der Waals surface area contributed by atoms with Gasteiger partial charge in [0.25, 0.3) is 10.9 Å². The van der Waals surface area contributed by atoms with Crippen LogP contribution in [0.25, 0.3) is 11.5 Å². The molecule has 12 heteroatoms. The number of nitrogens with zero attached hydrogens (tertiary/aromatic N) is 3. The summed E-state index contributed by atoms with van der Waals surface area (Å²) in [6.07, 6.45) is 0. The molecule has 0 spiro atoms. The summed E-state index contributed by atoms with van der Waals surface area (Å²) in [6.45, 7) is 0. The Morgan fingerprint density at radius 2 is 1.89 bits per heavy atom. The third-order valence-corrected chi connectivity index (χ3v) is 4.94. The van der Waals surface area contributed by atoms with E-state index in [0.717, 1.165) is 11.8 Å². The van der Waals surface area contributed by atoms with Crippen LogP contribution in [0.1, 0.15) is 0 Å². The highest BCUT2D eigenvalue weighted by molar-refractivity contribution is 7.99. The highest BCUT2D eigenvalue weighted by Gasteiger charge is 2.15. The van der Waals surface area contributed by atoms with Crippen LogP contribution in [0.3, 0.4) is 0 Å². The molecule has 0 unspecified atom stereocenters. The van der Waals surface area contributed by atoms with Crippen molar-refractivity contribution in [3.63, 3.8) is 0 Å². The molecule has 1 N–H and O–H groups in total. The third-order valence-electron chi connectivity index (χ3n) is 3.31. The fourth-order valence-electron chi connectivity index (χ4n) is 2.10. The second-order valence-corrected chi connectivity index (χ2v) is 7.44.